The van der Waals surface area contributed by atoms with Gasteiger partial charge in [0.05, 0.1) is 5.71 Å². The number of fused-ring (bicyclic) bond motifs is 1. The van der Waals surface area contributed by atoms with E-state index in [2.05, 4.69) is 15.5 Å². The number of nitrogens with zero attached hydrogens (tertiary/aromatic N) is 5. The molecular formula is C23H23ClN6O2. The molecule has 8 nitrogen and oxygen atoms in total. The van der Waals surface area contributed by atoms with Gasteiger partial charge in [0.15, 0.2) is 11.2 Å². The summed E-state index contributed by atoms with van der Waals surface area (Å²) in [5, 5.41) is 5.10. The van der Waals surface area contributed by atoms with E-state index in [1.165, 1.54) is 11.6 Å². The molecule has 0 aliphatic carbocycles. The van der Waals surface area contributed by atoms with Crippen molar-refractivity contribution >= 4 is 34.4 Å². The second kappa shape index (κ2) is 8.84. The van der Waals surface area contributed by atoms with E-state index < -0.39 is 11.2 Å². The zero-order valence-electron chi connectivity index (χ0n) is 18.0. The van der Waals surface area contributed by atoms with Crippen LogP contribution in [0.5, 0.6) is 0 Å². The van der Waals surface area contributed by atoms with E-state index in [4.69, 9.17) is 11.6 Å². The largest absolute Gasteiger partial charge is 0.332 e. The molecule has 0 amide bonds. The smallest absolute Gasteiger partial charge is 0.303 e. The van der Waals surface area contributed by atoms with Gasteiger partial charge in [0.2, 0.25) is 5.95 Å². The quantitative estimate of drug-likeness (QED) is 0.361. The lowest BCUT2D eigenvalue weighted by atomic mass is 10.1. The van der Waals surface area contributed by atoms with E-state index in [0.29, 0.717) is 35.1 Å². The van der Waals surface area contributed by atoms with Crippen LogP contribution < -0.4 is 16.7 Å². The van der Waals surface area contributed by atoms with Crippen LogP contribution >= 0.6 is 11.6 Å². The van der Waals surface area contributed by atoms with Gasteiger partial charge in [-0.2, -0.15) is 10.1 Å². The van der Waals surface area contributed by atoms with Crippen molar-refractivity contribution in [1.82, 2.24) is 18.7 Å². The Balaban J connectivity index is 1.78. The Hall–Kier alpha value is -3.65. The lowest BCUT2D eigenvalue weighted by molar-refractivity contribution is 0.687. The van der Waals surface area contributed by atoms with E-state index in [0.717, 1.165) is 21.4 Å². The van der Waals surface area contributed by atoms with Crippen LogP contribution in [0, 0.1) is 0 Å². The van der Waals surface area contributed by atoms with Gasteiger partial charge in [0, 0.05) is 25.7 Å². The number of hydrazone groups is 1. The summed E-state index contributed by atoms with van der Waals surface area (Å²) < 4.78 is 4.24. The second-order valence-corrected chi connectivity index (χ2v) is 7.95. The number of rotatable bonds is 6. The number of hydrogen-bond donors (Lipinski definition) is 1. The minimum atomic E-state index is -0.428. The van der Waals surface area contributed by atoms with Gasteiger partial charge < -0.3 is 4.57 Å². The maximum atomic E-state index is 13.0. The molecular weight excluding hydrogens is 428 g/mol. The van der Waals surface area contributed by atoms with Gasteiger partial charge in [-0.05, 0) is 36.6 Å². The number of hydrogen-bond acceptors (Lipinski definition) is 5. The topological polar surface area (TPSA) is 86.2 Å². The van der Waals surface area contributed by atoms with Crippen LogP contribution in [0.4, 0.5) is 5.95 Å². The van der Waals surface area contributed by atoms with E-state index >= 15 is 0 Å². The van der Waals surface area contributed by atoms with Crippen LogP contribution in [-0.4, -0.2) is 24.4 Å². The fraction of sp³-hybridized carbons (Fsp3) is 0.217. The minimum Gasteiger partial charge on any atom is -0.303 e. The van der Waals surface area contributed by atoms with Gasteiger partial charge >= 0.3 is 5.69 Å². The highest BCUT2D eigenvalue weighted by Crippen LogP contribution is 2.17. The summed E-state index contributed by atoms with van der Waals surface area (Å²) in [5.74, 6) is 0.391. The van der Waals surface area contributed by atoms with Crippen molar-refractivity contribution in [2.45, 2.75) is 19.9 Å². The second-order valence-electron chi connectivity index (χ2n) is 7.52. The first kappa shape index (κ1) is 21.6. The predicted molar refractivity (Wildman–Crippen MR) is 128 cm³/mol. The maximum absolute atomic E-state index is 13.0. The minimum absolute atomic E-state index is 0.313. The van der Waals surface area contributed by atoms with Gasteiger partial charge in [-0.3, -0.25) is 13.9 Å². The van der Waals surface area contributed by atoms with Crippen molar-refractivity contribution in [3.63, 3.8) is 0 Å². The first-order valence-electron chi connectivity index (χ1n) is 10.1. The molecule has 164 valence electrons. The summed E-state index contributed by atoms with van der Waals surface area (Å²) in [6.07, 6.45) is 0.687. The molecule has 2 aromatic heterocycles. The number of benzene rings is 2. The molecule has 0 bridgehead atoms. The van der Waals surface area contributed by atoms with Crippen molar-refractivity contribution in [3.05, 3.63) is 91.6 Å². The summed E-state index contributed by atoms with van der Waals surface area (Å²) in [4.78, 5) is 29.9. The fourth-order valence-electron chi connectivity index (χ4n) is 3.52. The number of halogens is 1. The zero-order chi connectivity index (χ0) is 22.8. The fourth-order valence-corrected chi connectivity index (χ4v) is 3.65. The van der Waals surface area contributed by atoms with E-state index in [1.807, 2.05) is 49.4 Å². The Bertz CT molecular complexity index is 1420. The van der Waals surface area contributed by atoms with Crippen LogP contribution in [0.15, 0.2) is 69.3 Å². The number of anilines is 1. The summed E-state index contributed by atoms with van der Waals surface area (Å²) in [7, 11) is 3.07. The lowest BCUT2D eigenvalue weighted by Gasteiger charge is -2.10. The summed E-state index contributed by atoms with van der Waals surface area (Å²) >= 11 is 5.97. The molecule has 0 radical (unpaired) electrons. The highest BCUT2D eigenvalue weighted by Gasteiger charge is 2.19. The van der Waals surface area contributed by atoms with Crippen LogP contribution in [0.25, 0.3) is 11.2 Å². The molecule has 4 aromatic rings. The SMILES string of the molecule is C/C(=N/Nc1nc2c(c(=O)n(C)c(=O)n2C)n1CCc1ccccc1)c1ccc(Cl)cc1. The van der Waals surface area contributed by atoms with Gasteiger partial charge in [-0.1, -0.05) is 54.1 Å². The molecule has 4 rings (SSSR count). The highest BCUT2D eigenvalue weighted by atomic mass is 35.5. The van der Waals surface area contributed by atoms with Crippen LogP contribution in [-0.2, 0) is 27.1 Å². The lowest BCUT2D eigenvalue weighted by Crippen LogP contribution is -2.37. The molecule has 9 heteroatoms. The monoisotopic (exact) mass is 450 g/mol. The normalized spacial score (nSPS) is 11.8. The van der Waals surface area contributed by atoms with E-state index in [-0.39, 0.29) is 0 Å². The molecule has 0 unspecified atom stereocenters. The van der Waals surface area contributed by atoms with Gasteiger partial charge in [0.25, 0.3) is 5.56 Å². The summed E-state index contributed by atoms with van der Waals surface area (Å²) in [6.45, 7) is 2.35. The zero-order valence-corrected chi connectivity index (χ0v) is 18.8. The molecule has 2 aromatic carbocycles. The van der Waals surface area contributed by atoms with Crippen LogP contribution in [0.3, 0.4) is 0 Å². The Morgan fingerprint density at radius 2 is 1.72 bits per heavy atom. The molecule has 0 saturated heterocycles. The first-order valence-corrected chi connectivity index (χ1v) is 10.5. The van der Waals surface area contributed by atoms with Crippen LogP contribution in [0.1, 0.15) is 18.1 Å². The van der Waals surface area contributed by atoms with E-state index in [1.54, 1.807) is 23.7 Å². The van der Waals surface area contributed by atoms with Gasteiger partial charge in [-0.15, -0.1) is 0 Å². The highest BCUT2D eigenvalue weighted by molar-refractivity contribution is 6.30. The van der Waals surface area contributed by atoms with Crippen molar-refractivity contribution in [3.8, 4) is 0 Å². The number of imidazole rings is 1. The third kappa shape index (κ3) is 4.09. The third-order valence-electron chi connectivity index (χ3n) is 5.40. The Morgan fingerprint density at radius 1 is 1.03 bits per heavy atom. The van der Waals surface area contributed by atoms with Crippen molar-refractivity contribution in [2.75, 3.05) is 5.43 Å². The Labute approximate surface area is 189 Å². The summed E-state index contributed by atoms with van der Waals surface area (Å²) in [5.41, 5.74) is 5.59. The Morgan fingerprint density at radius 3 is 2.41 bits per heavy atom. The average molecular weight is 451 g/mol. The molecule has 0 saturated carbocycles. The summed E-state index contributed by atoms with van der Waals surface area (Å²) in [6, 6.07) is 17.3. The van der Waals surface area contributed by atoms with Gasteiger partial charge in [-0.25, -0.2) is 10.2 Å². The molecule has 2 heterocycles. The predicted octanol–water partition coefficient (Wildman–Crippen LogP) is 3.17. The average Bonchev–Trinajstić information content (AvgIpc) is 3.18. The first-order chi connectivity index (χ1) is 15.4. The number of aromatic nitrogens is 4. The molecule has 0 atom stereocenters. The van der Waals surface area contributed by atoms with Gasteiger partial charge in [0.1, 0.15) is 0 Å². The van der Waals surface area contributed by atoms with Crippen molar-refractivity contribution in [2.24, 2.45) is 19.2 Å². The molecule has 0 aliphatic rings. The van der Waals surface area contributed by atoms with Crippen molar-refractivity contribution < 1.29 is 0 Å². The molecule has 1 N–H and O–H groups in total. The number of nitrogens with one attached hydrogen (secondary N) is 1. The van der Waals surface area contributed by atoms with Crippen molar-refractivity contribution in [1.29, 1.82) is 0 Å². The maximum Gasteiger partial charge on any atom is 0.332 e. The molecule has 0 aliphatic heterocycles. The molecule has 0 spiro atoms. The molecule has 32 heavy (non-hydrogen) atoms. The van der Waals surface area contributed by atoms with Crippen LogP contribution in [0.2, 0.25) is 5.02 Å². The third-order valence-corrected chi connectivity index (χ3v) is 5.65. The standard InChI is InChI=1S/C23H23ClN6O2/c1-15(17-9-11-18(24)12-10-17)26-27-22-25-20-19(21(31)29(3)23(32)28(20)2)30(22)14-13-16-7-5-4-6-8-16/h4-12H,13-14H2,1-3H3,(H,25,27)/b26-15-. The van der Waals surface area contributed by atoms with E-state index in [9.17, 15) is 9.59 Å². The Kier molecular flexibility index (Phi) is 5.96. The molecule has 0 fully saturated rings. The number of aryl methyl sites for hydroxylation is 3.